The summed E-state index contributed by atoms with van der Waals surface area (Å²) in [6, 6.07) is 3.73. The zero-order valence-electron chi connectivity index (χ0n) is 11.4. The number of nitrogens with one attached hydrogen (secondary N) is 2. The molecule has 106 valence electrons. The van der Waals surface area contributed by atoms with E-state index in [1.54, 1.807) is 7.05 Å². The molecule has 1 heterocycles. The molecule has 0 saturated carbocycles. The van der Waals surface area contributed by atoms with Crippen LogP contribution >= 0.6 is 0 Å². The van der Waals surface area contributed by atoms with Crippen molar-refractivity contribution in [2.45, 2.75) is 18.5 Å². The van der Waals surface area contributed by atoms with Crippen LogP contribution in [0.5, 0.6) is 0 Å². The summed E-state index contributed by atoms with van der Waals surface area (Å²) in [6.07, 6.45) is 0.737. The largest absolute Gasteiger partial charge is 0.313 e. The molecule has 2 N–H and O–H groups in total. The molecule has 1 aliphatic heterocycles. The van der Waals surface area contributed by atoms with Crippen LogP contribution in [-0.4, -0.2) is 44.7 Å². The Morgan fingerprint density at radius 3 is 2.95 bits per heavy atom. The highest BCUT2D eigenvalue weighted by Crippen LogP contribution is 2.23. The van der Waals surface area contributed by atoms with Crippen molar-refractivity contribution in [1.82, 2.24) is 15.5 Å². The maximum Gasteiger partial charge on any atom is 0.128 e. The Morgan fingerprint density at radius 2 is 2.26 bits per heavy atom. The summed E-state index contributed by atoms with van der Waals surface area (Å²) in [5.41, 5.74) is 0.400. The molecular weight excluding hydrogens is 248 g/mol. The van der Waals surface area contributed by atoms with Crippen LogP contribution in [0, 0.1) is 11.6 Å². The first-order valence-corrected chi connectivity index (χ1v) is 6.64. The Balaban J connectivity index is 2.09. The van der Waals surface area contributed by atoms with Gasteiger partial charge in [0.25, 0.3) is 0 Å². The number of hydrogen-bond acceptors (Lipinski definition) is 3. The van der Waals surface area contributed by atoms with Gasteiger partial charge in [0.15, 0.2) is 0 Å². The van der Waals surface area contributed by atoms with E-state index in [9.17, 15) is 8.78 Å². The number of hydrogen-bond donors (Lipinski definition) is 2. The average Bonchev–Trinajstić information content (AvgIpc) is 2.39. The van der Waals surface area contributed by atoms with Gasteiger partial charge in [-0.1, -0.05) is 0 Å². The van der Waals surface area contributed by atoms with Crippen LogP contribution in [-0.2, 0) is 0 Å². The molecule has 19 heavy (non-hydrogen) atoms. The van der Waals surface area contributed by atoms with E-state index < -0.39 is 5.82 Å². The summed E-state index contributed by atoms with van der Waals surface area (Å²) in [5.74, 6) is -0.754. The summed E-state index contributed by atoms with van der Waals surface area (Å²) >= 11 is 0. The first-order chi connectivity index (χ1) is 9.10. The normalized spacial score (nSPS) is 22.4. The lowest BCUT2D eigenvalue weighted by Gasteiger charge is -2.33. The van der Waals surface area contributed by atoms with Crippen LogP contribution in [0.15, 0.2) is 18.2 Å². The van der Waals surface area contributed by atoms with Crippen molar-refractivity contribution in [1.29, 1.82) is 0 Å². The van der Waals surface area contributed by atoms with E-state index in [1.807, 2.05) is 0 Å². The quantitative estimate of drug-likeness (QED) is 0.868. The predicted octanol–water partition coefficient (Wildman–Crippen LogP) is 1.52. The fourth-order valence-electron chi connectivity index (χ4n) is 2.62. The topological polar surface area (TPSA) is 27.3 Å². The first kappa shape index (κ1) is 14.4. The second-order valence-corrected chi connectivity index (χ2v) is 5.16. The number of nitrogens with zero attached hydrogens (tertiary/aromatic N) is 1. The molecule has 0 aliphatic carbocycles. The van der Waals surface area contributed by atoms with Gasteiger partial charge in [0.2, 0.25) is 0 Å². The lowest BCUT2D eigenvalue weighted by molar-refractivity contribution is 0.221. The van der Waals surface area contributed by atoms with Gasteiger partial charge in [0.1, 0.15) is 11.6 Å². The standard InChI is InChI=1S/C14H21F2N3/c1-17-14(8-11-9-19(2)6-5-18-11)12-7-10(15)3-4-13(12)16/h3-4,7,11,14,17-18H,5-6,8-9H2,1-2H3. The second-order valence-electron chi connectivity index (χ2n) is 5.16. The predicted molar refractivity (Wildman–Crippen MR) is 72.1 cm³/mol. The molecule has 2 unspecified atom stereocenters. The third-order valence-corrected chi connectivity index (χ3v) is 3.66. The number of halogens is 2. The molecule has 0 amide bonds. The van der Waals surface area contributed by atoms with Crippen LogP contribution < -0.4 is 10.6 Å². The number of piperazine rings is 1. The Labute approximate surface area is 113 Å². The number of likely N-dealkylation sites (N-methyl/N-ethyl adjacent to an activating group) is 1. The summed E-state index contributed by atoms with van der Waals surface area (Å²) in [7, 11) is 3.85. The third kappa shape index (κ3) is 3.72. The lowest BCUT2D eigenvalue weighted by atomic mass is 9.97. The minimum Gasteiger partial charge on any atom is -0.313 e. The summed E-state index contributed by atoms with van der Waals surface area (Å²) in [6.45, 7) is 2.88. The first-order valence-electron chi connectivity index (χ1n) is 6.64. The molecule has 0 spiro atoms. The Bertz CT molecular complexity index is 425. The van der Waals surface area contributed by atoms with Crippen LogP contribution in [0.25, 0.3) is 0 Å². The Morgan fingerprint density at radius 1 is 1.47 bits per heavy atom. The van der Waals surface area contributed by atoms with Gasteiger partial charge in [-0.2, -0.15) is 0 Å². The van der Waals surface area contributed by atoms with E-state index in [-0.39, 0.29) is 11.9 Å². The molecule has 1 saturated heterocycles. The molecule has 5 heteroatoms. The SMILES string of the molecule is CNC(CC1CN(C)CCN1)c1cc(F)ccc1F. The molecule has 1 fully saturated rings. The highest BCUT2D eigenvalue weighted by atomic mass is 19.1. The van der Waals surface area contributed by atoms with E-state index in [0.717, 1.165) is 32.1 Å². The average molecular weight is 269 g/mol. The Hall–Kier alpha value is -1.04. The van der Waals surface area contributed by atoms with Gasteiger partial charge < -0.3 is 15.5 Å². The lowest BCUT2D eigenvalue weighted by Crippen LogP contribution is -2.50. The van der Waals surface area contributed by atoms with Crippen molar-refractivity contribution in [2.24, 2.45) is 0 Å². The van der Waals surface area contributed by atoms with Gasteiger partial charge in [-0.05, 0) is 38.7 Å². The van der Waals surface area contributed by atoms with E-state index in [1.165, 1.54) is 12.1 Å². The van der Waals surface area contributed by atoms with Gasteiger partial charge >= 0.3 is 0 Å². The van der Waals surface area contributed by atoms with Gasteiger partial charge in [-0.25, -0.2) is 8.78 Å². The van der Waals surface area contributed by atoms with Crippen molar-refractivity contribution < 1.29 is 8.78 Å². The van der Waals surface area contributed by atoms with E-state index >= 15 is 0 Å². The van der Waals surface area contributed by atoms with Gasteiger partial charge in [0.05, 0.1) is 0 Å². The summed E-state index contributed by atoms with van der Waals surface area (Å²) in [5, 5.41) is 6.50. The summed E-state index contributed by atoms with van der Waals surface area (Å²) in [4.78, 5) is 2.25. The van der Waals surface area contributed by atoms with Gasteiger partial charge in [0, 0.05) is 37.3 Å². The fraction of sp³-hybridized carbons (Fsp3) is 0.571. The van der Waals surface area contributed by atoms with Crippen LogP contribution in [0.1, 0.15) is 18.0 Å². The molecule has 0 radical (unpaired) electrons. The number of rotatable bonds is 4. The van der Waals surface area contributed by atoms with Crippen LogP contribution in [0.4, 0.5) is 8.78 Å². The zero-order chi connectivity index (χ0) is 13.8. The molecule has 0 aromatic heterocycles. The zero-order valence-corrected chi connectivity index (χ0v) is 11.4. The summed E-state index contributed by atoms with van der Waals surface area (Å²) < 4.78 is 27.1. The van der Waals surface area contributed by atoms with Crippen LogP contribution in [0.3, 0.4) is 0 Å². The molecule has 1 aliphatic rings. The molecule has 2 rings (SSSR count). The second kappa shape index (κ2) is 6.41. The van der Waals surface area contributed by atoms with Crippen molar-refractivity contribution in [2.75, 3.05) is 33.7 Å². The fourth-order valence-corrected chi connectivity index (χ4v) is 2.62. The van der Waals surface area contributed by atoms with Gasteiger partial charge in [-0.15, -0.1) is 0 Å². The molecule has 2 atom stereocenters. The van der Waals surface area contributed by atoms with Crippen molar-refractivity contribution in [3.63, 3.8) is 0 Å². The minimum absolute atomic E-state index is 0.181. The van der Waals surface area contributed by atoms with E-state index in [0.29, 0.717) is 11.6 Å². The molecule has 0 bridgehead atoms. The minimum atomic E-state index is -0.398. The van der Waals surface area contributed by atoms with Gasteiger partial charge in [-0.3, -0.25) is 0 Å². The maximum atomic E-state index is 13.8. The van der Waals surface area contributed by atoms with E-state index in [2.05, 4.69) is 22.6 Å². The number of benzene rings is 1. The Kier molecular flexibility index (Phi) is 4.85. The van der Waals surface area contributed by atoms with Crippen LogP contribution in [0.2, 0.25) is 0 Å². The maximum absolute atomic E-state index is 13.8. The van der Waals surface area contributed by atoms with Crippen molar-refractivity contribution >= 4 is 0 Å². The molecule has 1 aromatic rings. The molecule has 3 nitrogen and oxygen atoms in total. The van der Waals surface area contributed by atoms with Crippen molar-refractivity contribution in [3.8, 4) is 0 Å². The molecule has 1 aromatic carbocycles. The highest BCUT2D eigenvalue weighted by molar-refractivity contribution is 5.22. The smallest absolute Gasteiger partial charge is 0.128 e. The van der Waals surface area contributed by atoms with E-state index in [4.69, 9.17) is 0 Å². The monoisotopic (exact) mass is 269 g/mol. The highest BCUT2D eigenvalue weighted by Gasteiger charge is 2.23. The van der Waals surface area contributed by atoms with Crippen molar-refractivity contribution in [3.05, 3.63) is 35.4 Å². The molecular formula is C14H21F2N3. The third-order valence-electron chi connectivity index (χ3n) is 3.66.